The minimum absolute atomic E-state index is 0.0944. The minimum Gasteiger partial charge on any atom is -0.475 e. The molecule has 220 valence electrons. The zero-order valence-corrected chi connectivity index (χ0v) is 22.7. The molecule has 1 aliphatic carbocycles. The van der Waals surface area contributed by atoms with Crippen molar-refractivity contribution in [2.45, 2.75) is 55.6 Å². The van der Waals surface area contributed by atoms with Crippen molar-refractivity contribution >= 4 is 38.7 Å². The Labute approximate surface area is 229 Å². The van der Waals surface area contributed by atoms with E-state index in [-0.39, 0.29) is 9.90 Å². The molecule has 40 heavy (non-hydrogen) atoms. The van der Waals surface area contributed by atoms with Crippen LogP contribution in [-0.2, 0) is 14.8 Å². The number of aromatic nitrogens is 4. The highest BCUT2D eigenvalue weighted by Gasteiger charge is 2.42. The highest BCUT2D eigenvalue weighted by Crippen LogP contribution is 2.38. The van der Waals surface area contributed by atoms with E-state index in [0.717, 1.165) is 50.1 Å². The summed E-state index contributed by atoms with van der Waals surface area (Å²) in [6.07, 6.45) is -1.44. The van der Waals surface area contributed by atoms with Gasteiger partial charge in [-0.2, -0.15) is 13.2 Å². The minimum atomic E-state index is -5.08. The molecular formula is C22H26F5N7O4S2. The molecule has 0 amide bonds. The smallest absolute Gasteiger partial charge is 0.475 e. The Hall–Kier alpha value is -2.96. The lowest BCUT2D eigenvalue weighted by atomic mass is 9.97. The number of carboxylic acids is 1. The number of pyridine rings is 1. The van der Waals surface area contributed by atoms with E-state index in [4.69, 9.17) is 15.6 Å². The van der Waals surface area contributed by atoms with Gasteiger partial charge in [0.05, 0.1) is 11.9 Å². The van der Waals surface area contributed by atoms with Crippen LogP contribution in [0.15, 0.2) is 23.4 Å². The van der Waals surface area contributed by atoms with Gasteiger partial charge in [0.25, 0.3) is 6.43 Å². The zero-order valence-electron chi connectivity index (χ0n) is 21.0. The first-order chi connectivity index (χ1) is 18.6. The number of alkyl halides is 5. The van der Waals surface area contributed by atoms with Gasteiger partial charge in [0.15, 0.2) is 15.7 Å². The van der Waals surface area contributed by atoms with E-state index < -0.39 is 39.1 Å². The second-order valence-corrected chi connectivity index (χ2v) is 12.5. The Morgan fingerprint density at radius 2 is 1.90 bits per heavy atom. The average molecular weight is 612 g/mol. The lowest BCUT2D eigenvalue weighted by molar-refractivity contribution is -0.192. The summed E-state index contributed by atoms with van der Waals surface area (Å²) in [4.78, 5) is 15.6. The number of imidazole rings is 1. The summed E-state index contributed by atoms with van der Waals surface area (Å²) in [6, 6.07) is 1.65. The van der Waals surface area contributed by atoms with Crippen LogP contribution in [0.5, 0.6) is 0 Å². The second-order valence-electron chi connectivity index (χ2n) is 9.78. The molecule has 2 aliphatic rings. The van der Waals surface area contributed by atoms with Crippen molar-refractivity contribution < 1.29 is 40.3 Å². The molecule has 0 aromatic carbocycles. The number of piperidine rings is 1. The van der Waals surface area contributed by atoms with Crippen LogP contribution in [0.4, 0.5) is 27.6 Å². The number of carboxylic acid groups (broad SMARTS) is 1. The van der Waals surface area contributed by atoms with Gasteiger partial charge in [0.1, 0.15) is 10.6 Å². The number of nitrogens with two attached hydrogens (primary N) is 1. The van der Waals surface area contributed by atoms with E-state index in [1.54, 1.807) is 10.5 Å². The summed E-state index contributed by atoms with van der Waals surface area (Å²) in [5.74, 6) is -2.32. The van der Waals surface area contributed by atoms with Crippen molar-refractivity contribution in [2.75, 3.05) is 24.5 Å². The molecule has 0 atom stereocenters. The van der Waals surface area contributed by atoms with E-state index in [1.807, 2.05) is 6.92 Å². The largest absolute Gasteiger partial charge is 0.490 e. The van der Waals surface area contributed by atoms with E-state index in [2.05, 4.69) is 24.8 Å². The van der Waals surface area contributed by atoms with Gasteiger partial charge in [-0.1, -0.05) is 11.3 Å². The highest BCUT2D eigenvalue weighted by atomic mass is 32.2. The van der Waals surface area contributed by atoms with Crippen LogP contribution in [-0.4, -0.2) is 70.4 Å². The maximum atomic E-state index is 13.2. The summed E-state index contributed by atoms with van der Waals surface area (Å²) in [6.45, 7) is 3.94. The van der Waals surface area contributed by atoms with E-state index >= 15 is 0 Å². The van der Waals surface area contributed by atoms with Gasteiger partial charge in [-0.25, -0.2) is 31.7 Å². The average Bonchev–Trinajstić information content (AvgIpc) is 3.25. The summed E-state index contributed by atoms with van der Waals surface area (Å²) >= 11 is 0.766. The maximum absolute atomic E-state index is 13.2. The van der Waals surface area contributed by atoms with Gasteiger partial charge in [-0.3, -0.25) is 4.40 Å². The lowest BCUT2D eigenvalue weighted by Crippen LogP contribution is -2.37. The SMILES string of the molecule is CC1(NS(=O)(=O)c2cc(N3CCC(CN)CC3)c3ncc(-c4nnc(C(F)F)s4)n3c2)CC1.O=C(O)C(F)(F)F. The first-order valence-corrected chi connectivity index (χ1v) is 14.4. The number of fused-ring (bicyclic) bond motifs is 1. The molecule has 0 spiro atoms. The third-order valence-electron chi connectivity index (χ3n) is 6.63. The van der Waals surface area contributed by atoms with Gasteiger partial charge >= 0.3 is 12.1 Å². The molecule has 11 nitrogen and oxygen atoms in total. The molecular weight excluding hydrogens is 585 g/mol. The van der Waals surface area contributed by atoms with E-state index in [0.29, 0.717) is 29.5 Å². The number of aliphatic carboxylic acids is 1. The molecule has 2 fully saturated rings. The molecule has 0 unspecified atom stereocenters. The molecule has 5 rings (SSSR count). The molecule has 18 heteroatoms. The second kappa shape index (κ2) is 11.1. The molecule has 1 aliphatic heterocycles. The molecule has 0 bridgehead atoms. The van der Waals surface area contributed by atoms with E-state index in [1.165, 1.54) is 12.4 Å². The van der Waals surface area contributed by atoms with Crippen molar-refractivity contribution in [3.05, 3.63) is 23.5 Å². The number of sulfonamides is 1. The monoisotopic (exact) mass is 611 g/mol. The van der Waals surface area contributed by atoms with Crippen LogP contribution in [0.3, 0.4) is 0 Å². The number of nitrogens with zero attached hydrogens (tertiary/aromatic N) is 5. The number of hydrogen-bond acceptors (Lipinski definition) is 9. The van der Waals surface area contributed by atoms with Crippen molar-refractivity contribution in [3.63, 3.8) is 0 Å². The summed E-state index contributed by atoms with van der Waals surface area (Å²) < 4.78 is 88.7. The molecule has 0 radical (unpaired) electrons. The first kappa shape index (κ1) is 30.0. The number of hydrogen-bond donors (Lipinski definition) is 3. The first-order valence-electron chi connectivity index (χ1n) is 12.1. The molecule has 3 aromatic rings. The molecule has 4 N–H and O–H groups in total. The fraction of sp³-hybridized carbons (Fsp3) is 0.545. The van der Waals surface area contributed by atoms with Crippen molar-refractivity contribution in [1.82, 2.24) is 24.3 Å². The van der Waals surface area contributed by atoms with Crippen LogP contribution in [0.2, 0.25) is 0 Å². The fourth-order valence-corrected chi connectivity index (χ4v) is 6.28. The van der Waals surface area contributed by atoms with Gasteiger partial charge in [0.2, 0.25) is 10.0 Å². The summed E-state index contributed by atoms with van der Waals surface area (Å²) in [5, 5.41) is 14.4. The van der Waals surface area contributed by atoms with Crippen LogP contribution in [0.25, 0.3) is 16.3 Å². The van der Waals surface area contributed by atoms with Gasteiger partial charge in [0, 0.05) is 24.8 Å². The van der Waals surface area contributed by atoms with Crippen molar-refractivity contribution in [2.24, 2.45) is 11.7 Å². The third kappa shape index (κ3) is 6.67. The highest BCUT2D eigenvalue weighted by molar-refractivity contribution is 7.89. The van der Waals surface area contributed by atoms with Gasteiger partial charge in [-0.05, 0) is 51.1 Å². The predicted octanol–water partition coefficient (Wildman–Crippen LogP) is 3.43. The number of nitrogens with one attached hydrogen (secondary N) is 1. The topological polar surface area (TPSA) is 156 Å². The maximum Gasteiger partial charge on any atom is 0.490 e. The van der Waals surface area contributed by atoms with Crippen molar-refractivity contribution in [1.29, 1.82) is 0 Å². The number of halogens is 5. The Morgan fingerprint density at radius 3 is 2.40 bits per heavy atom. The Kier molecular flexibility index (Phi) is 8.35. The summed E-state index contributed by atoms with van der Waals surface area (Å²) in [5.41, 5.74) is 7.03. The molecule has 1 saturated carbocycles. The molecule has 3 aromatic heterocycles. The van der Waals surface area contributed by atoms with Crippen molar-refractivity contribution in [3.8, 4) is 10.7 Å². The van der Waals surface area contributed by atoms with Gasteiger partial charge in [-0.15, -0.1) is 10.2 Å². The van der Waals surface area contributed by atoms with Crippen LogP contribution in [0.1, 0.15) is 44.0 Å². The number of anilines is 1. The quantitative estimate of drug-likeness (QED) is 0.341. The summed E-state index contributed by atoms with van der Waals surface area (Å²) in [7, 11) is -3.81. The number of carbonyl (C=O) groups is 1. The zero-order chi connectivity index (χ0) is 29.5. The standard InChI is InChI=1S/C20H25F2N7O2S2.C2HF3O2/c1-20(4-5-20)27-33(30,31)13-8-14(28-6-2-12(9-23)3-7-28)17-24-10-15(29(17)11-13)18-25-26-19(32-18)16(21)22;3-2(4,5)1(6)7/h8,10-12,16,27H,2-7,9,23H2,1H3;(H,6,7). The Balaban J connectivity index is 0.000000470. The van der Waals surface area contributed by atoms with Crippen LogP contribution >= 0.6 is 11.3 Å². The third-order valence-corrected chi connectivity index (χ3v) is 9.19. The fourth-order valence-electron chi connectivity index (χ4n) is 4.09. The van der Waals surface area contributed by atoms with Gasteiger partial charge < -0.3 is 15.7 Å². The van der Waals surface area contributed by atoms with E-state index in [9.17, 15) is 30.4 Å². The van der Waals surface area contributed by atoms with Crippen LogP contribution < -0.4 is 15.4 Å². The Bertz CT molecular complexity index is 1480. The normalized spacial score (nSPS) is 17.6. The van der Waals surface area contributed by atoms with Crippen LogP contribution in [0, 0.1) is 5.92 Å². The lowest BCUT2D eigenvalue weighted by Gasteiger charge is -2.33. The molecule has 4 heterocycles. The molecule has 1 saturated heterocycles. The number of rotatable bonds is 7. The predicted molar refractivity (Wildman–Crippen MR) is 135 cm³/mol. The Morgan fingerprint density at radius 1 is 1.27 bits per heavy atom.